The van der Waals surface area contributed by atoms with E-state index < -0.39 is 36.8 Å². The molecule has 0 aromatic heterocycles. The topological polar surface area (TPSA) is 125 Å². The molecule has 1 N–H and O–H groups in total. The summed E-state index contributed by atoms with van der Waals surface area (Å²) >= 11 is 0. The van der Waals surface area contributed by atoms with Crippen molar-refractivity contribution in [3.05, 3.63) is 83.2 Å². The van der Waals surface area contributed by atoms with Gasteiger partial charge in [-0.3, -0.25) is 9.35 Å². The number of carbonyl (C=O) groups is 1. The largest absolute Gasteiger partial charge is 0.495 e. The van der Waals surface area contributed by atoms with Crippen molar-refractivity contribution in [1.29, 1.82) is 0 Å². The van der Waals surface area contributed by atoms with Crippen LogP contribution in [0.25, 0.3) is 0 Å². The Hall–Kier alpha value is -3.52. The van der Waals surface area contributed by atoms with Crippen molar-refractivity contribution in [1.82, 2.24) is 9.21 Å². The number of ether oxygens (including phenoxy) is 1. The number of methoxy groups -OCH3 is 1. The highest BCUT2D eigenvalue weighted by molar-refractivity contribution is 7.89. The van der Waals surface area contributed by atoms with Crippen molar-refractivity contribution in [2.45, 2.75) is 22.8 Å². The Morgan fingerprint density at radius 3 is 2.20 bits per heavy atom. The predicted molar refractivity (Wildman–Crippen MR) is 145 cm³/mol. The average Bonchev–Trinajstić information content (AvgIpc) is 2.95. The molecule has 0 spiro atoms. The number of amides is 1. The van der Waals surface area contributed by atoms with E-state index in [2.05, 4.69) is 0 Å². The lowest BCUT2D eigenvalue weighted by molar-refractivity contribution is 0.0741. The van der Waals surface area contributed by atoms with Crippen molar-refractivity contribution in [2.75, 3.05) is 44.7 Å². The molecule has 3 aromatic rings. The third-order valence-electron chi connectivity index (χ3n) is 7.26. The number of benzene rings is 3. The maximum absolute atomic E-state index is 14.5. The second-order valence-corrected chi connectivity index (χ2v) is 12.9. The number of fused-ring (bicyclic) bond motifs is 1. The fourth-order valence-corrected chi connectivity index (χ4v) is 6.98. The molecule has 2 aliphatic rings. The monoisotopic (exact) mass is 589 g/mol. The van der Waals surface area contributed by atoms with Gasteiger partial charge in [0.25, 0.3) is 16.0 Å². The Kier molecular flexibility index (Phi) is 7.57. The zero-order valence-electron chi connectivity index (χ0n) is 21.7. The van der Waals surface area contributed by atoms with Gasteiger partial charge in [-0.25, -0.2) is 12.8 Å². The highest BCUT2D eigenvalue weighted by Crippen LogP contribution is 2.34. The third-order valence-corrected chi connectivity index (χ3v) is 9.95. The summed E-state index contributed by atoms with van der Waals surface area (Å²) in [5.74, 6) is -1.19. The van der Waals surface area contributed by atoms with Gasteiger partial charge in [-0.2, -0.15) is 12.7 Å². The molecular formula is C27H28FN3O7S2. The number of rotatable bonds is 6. The molecule has 3 aromatic carbocycles. The van der Waals surface area contributed by atoms with E-state index in [0.29, 0.717) is 50.1 Å². The fourth-order valence-electron chi connectivity index (χ4n) is 5.05. The smallest absolute Gasteiger partial charge is 0.294 e. The minimum atomic E-state index is -4.60. The van der Waals surface area contributed by atoms with Crippen LogP contribution in [-0.2, 0) is 33.1 Å². The van der Waals surface area contributed by atoms with Gasteiger partial charge in [0, 0.05) is 39.3 Å². The maximum Gasteiger partial charge on any atom is 0.294 e. The third kappa shape index (κ3) is 5.42. The number of halogens is 1. The molecule has 1 amide bonds. The van der Waals surface area contributed by atoms with Crippen LogP contribution in [0, 0.1) is 5.82 Å². The molecule has 0 atom stereocenters. The molecule has 0 aliphatic carbocycles. The number of piperazine rings is 1. The summed E-state index contributed by atoms with van der Waals surface area (Å²) in [6.45, 7) is 1.75. The number of anilines is 1. The molecule has 1 fully saturated rings. The molecule has 2 aliphatic heterocycles. The summed E-state index contributed by atoms with van der Waals surface area (Å²) in [4.78, 5) is 15.8. The van der Waals surface area contributed by atoms with Gasteiger partial charge in [-0.15, -0.1) is 0 Å². The van der Waals surface area contributed by atoms with Gasteiger partial charge in [0.2, 0.25) is 10.0 Å². The zero-order valence-corrected chi connectivity index (χ0v) is 23.3. The van der Waals surface area contributed by atoms with Gasteiger partial charge in [-0.05, 0) is 53.9 Å². The molecular weight excluding hydrogens is 561 g/mol. The molecule has 2 heterocycles. The van der Waals surface area contributed by atoms with E-state index in [1.165, 1.54) is 22.4 Å². The molecule has 0 bridgehead atoms. The van der Waals surface area contributed by atoms with Crippen LogP contribution in [0.3, 0.4) is 0 Å². The van der Waals surface area contributed by atoms with E-state index in [9.17, 15) is 26.0 Å². The Morgan fingerprint density at radius 2 is 1.55 bits per heavy atom. The molecule has 212 valence electrons. The van der Waals surface area contributed by atoms with Gasteiger partial charge < -0.3 is 14.5 Å². The first kappa shape index (κ1) is 28.0. The minimum Gasteiger partial charge on any atom is -0.495 e. The van der Waals surface area contributed by atoms with Crippen LogP contribution >= 0.6 is 0 Å². The van der Waals surface area contributed by atoms with Gasteiger partial charge in [-0.1, -0.05) is 24.3 Å². The lowest BCUT2D eigenvalue weighted by atomic mass is 10.0. The number of hydrogen-bond donors (Lipinski definition) is 1. The van der Waals surface area contributed by atoms with Crippen LogP contribution in [0.15, 0.2) is 70.5 Å². The van der Waals surface area contributed by atoms with Crippen molar-refractivity contribution in [2.24, 2.45) is 0 Å². The number of hydrogen-bond acceptors (Lipinski definition) is 7. The second kappa shape index (κ2) is 10.8. The van der Waals surface area contributed by atoms with Crippen LogP contribution < -0.4 is 9.64 Å². The lowest BCUT2D eigenvalue weighted by Gasteiger charge is -2.37. The quantitative estimate of drug-likeness (QED) is 0.436. The standard InChI is InChI=1S/C27H28FN3O7S2/c1-38-26-9-7-21(39(33,34)31-11-10-19-4-2-3-5-20(19)18-31)17-25(26)29-12-14-30(15-13-29)27(32)23-8-6-22(16-24(23)28)40(35,36)37/h2-9,16-17H,10-15,18H2,1H3,(H,35,36,37). The summed E-state index contributed by atoms with van der Waals surface area (Å²) in [5.41, 5.74) is 2.38. The number of nitrogens with zero attached hydrogens (tertiary/aromatic N) is 3. The summed E-state index contributed by atoms with van der Waals surface area (Å²) < 4.78 is 80.2. The van der Waals surface area contributed by atoms with Gasteiger partial charge in [0.1, 0.15) is 11.6 Å². The van der Waals surface area contributed by atoms with Crippen LogP contribution in [0.4, 0.5) is 10.1 Å². The highest BCUT2D eigenvalue weighted by atomic mass is 32.2. The summed E-state index contributed by atoms with van der Waals surface area (Å²) in [7, 11) is -6.89. The lowest BCUT2D eigenvalue weighted by Crippen LogP contribution is -2.49. The molecule has 13 heteroatoms. The maximum atomic E-state index is 14.5. The molecule has 5 rings (SSSR count). The van der Waals surface area contributed by atoms with Crippen LogP contribution in [0.1, 0.15) is 21.5 Å². The minimum absolute atomic E-state index is 0.141. The molecule has 1 saturated heterocycles. The molecule has 0 saturated carbocycles. The number of sulfonamides is 1. The molecule has 0 radical (unpaired) electrons. The summed E-state index contributed by atoms with van der Waals surface area (Å²) in [6, 6.07) is 15.1. The van der Waals surface area contributed by atoms with Gasteiger partial charge >= 0.3 is 0 Å². The molecule has 0 unspecified atom stereocenters. The Bertz CT molecular complexity index is 1670. The van der Waals surface area contributed by atoms with E-state index >= 15 is 0 Å². The van der Waals surface area contributed by atoms with Crippen molar-refractivity contribution in [3.63, 3.8) is 0 Å². The van der Waals surface area contributed by atoms with Crippen molar-refractivity contribution >= 4 is 31.7 Å². The Balaban J connectivity index is 1.33. The highest BCUT2D eigenvalue weighted by Gasteiger charge is 2.31. The molecule has 10 nitrogen and oxygen atoms in total. The van der Waals surface area contributed by atoms with Crippen molar-refractivity contribution in [3.8, 4) is 5.75 Å². The van der Waals surface area contributed by atoms with Gasteiger partial charge in [0.05, 0.1) is 28.2 Å². The van der Waals surface area contributed by atoms with Crippen LogP contribution in [0.5, 0.6) is 5.75 Å². The fraction of sp³-hybridized carbons (Fsp3) is 0.296. The average molecular weight is 590 g/mol. The SMILES string of the molecule is COc1ccc(S(=O)(=O)N2CCc3ccccc3C2)cc1N1CCN(C(=O)c2ccc(S(=O)(=O)O)cc2F)CC1. The molecule has 40 heavy (non-hydrogen) atoms. The Morgan fingerprint density at radius 1 is 0.875 bits per heavy atom. The van der Waals surface area contributed by atoms with Crippen LogP contribution in [-0.4, -0.2) is 76.3 Å². The van der Waals surface area contributed by atoms with E-state index in [-0.39, 0.29) is 23.5 Å². The summed E-state index contributed by atoms with van der Waals surface area (Å²) in [5, 5.41) is 0. The first-order valence-corrected chi connectivity index (χ1v) is 15.4. The van der Waals surface area contributed by atoms with Gasteiger partial charge in [0.15, 0.2) is 0 Å². The van der Waals surface area contributed by atoms with E-state index in [1.807, 2.05) is 29.2 Å². The Labute approximate surface area is 232 Å². The normalized spacial score (nSPS) is 16.5. The van der Waals surface area contributed by atoms with E-state index in [1.54, 1.807) is 12.1 Å². The van der Waals surface area contributed by atoms with E-state index in [0.717, 1.165) is 23.3 Å². The first-order valence-electron chi connectivity index (χ1n) is 12.6. The number of carbonyl (C=O) groups excluding carboxylic acids is 1. The summed E-state index contributed by atoms with van der Waals surface area (Å²) in [6.07, 6.45) is 0.632. The van der Waals surface area contributed by atoms with Crippen molar-refractivity contribution < 1.29 is 35.3 Å². The zero-order chi connectivity index (χ0) is 28.7. The predicted octanol–water partition coefficient (Wildman–Crippen LogP) is 2.79. The second-order valence-electron chi connectivity index (χ2n) is 9.59. The first-order chi connectivity index (χ1) is 19.0. The van der Waals surface area contributed by atoms with Crippen LogP contribution in [0.2, 0.25) is 0 Å². The van der Waals surface area contributed by atoms with E-state index in [4.69, 9.17) is 9.29 Å².